The Morgan fingerprint density at radius 1 is 1.36 bits per heavy atom. The van der Waals surface area contributed by atoms with E-state index in [4.69, 9.17) is 0 Å². The average Bonchev–Trinajstić information content (AvgIpc) is 2.53. The number of amides is 2. The van der Waals surface area contributed by atoms with Crippen LogP contribution in [0.3, 0.4) is 0 Å². The zero-order chi connectivity index (χ0) is 15.9. The van der Waals surface area contributed by atoms with Crippen LogP contribution in [0.4, 0.5) is 0 Å². The Morgan fingerprint density at radius 2 is 2.05 bits per heavy atom. The minimum absolute atomic E-state index is 0.0562. The molecule has 0 saturated carbocycles. The van der Waals surface area contributed by atoms with Gasteiger partial charge in [-0.1, -0.05) is 0 Å². The summed E-state index contributed by atoms with van der Waals surface area (Å²) in [4.78, 5) is 42.2. The van der Waals surface area contributed by atoms with Gasteiger partial charge in [0.1, 0.15) is 13.1 Å². The number of hydrogen-bond donors (Lipinski definition) is 1. The maximum atomic E-state index is 12.5. The SMILES string of the molecule is CC(=O)C1C=CC2=[N+](C)C(=O)C(=O)N(C3CCNCC3)C2=N1. The number of hydrogen-bond acceptors (Lipinski definition) is 5. The molecule has 0 aliphatic carbocycles. The van der Waals surface area contributed by atoms with Crippen LogP contribution in [0, 0.1) is 0 Å². The highest BCUT2D eigenvalue weighted by Crippen LogP contribution is 2.20. The molecule has 3 aliphatic rings. The van der Waals surface area contributed by atoms with E-state index < -0.39 is 17.9 Å². The number of nitrogens with zero attached hydrogens (tertiary/aromatic N) is 3. The van der Waals surface area contributed by atoms with Gasteiger partial charge in [0.25, 0.3) is 5.71 Å². The Hall–Kier alpha value is -2.15. The Balaban J connectivity index is 2.06. The van der Waals surface area contributed by atoms with Crippen molar-refractivity contribution in [2.75, 3.05) is 20.1 Å². The second-order valence-electron chi connectivity index (χ2n) is 5.77. The van der Waals surface area contributed by atoms with Crippen LogP contribution in [0.25, 0.3) is 0 Å². The Kier molecular flexibility index (Phi) is 3.74. The topological polar surface area (TPSA) is 81.8 Å². The van der Waals surface area contributed by atoms with Crippen molar-refractivity contribution in [3.05, 3.63) is 12.2 Å². The van der Waals surface area contributed by atoms with E-state index in [1.165, 1.54) is 16.4 Å². The highest BCUT2D eigenvalue weighted by atomic mass is 16.2. The van der Waals surface area contributed by atoms with Crippen LogP contribution >= 0.6 is 0 Å². The van der Waals surface area contributed by atoms with Gasteiger partial charge in [-0.05, 0) is 38.9 Å². The van der Waals surface area contributed by atoms with Crippen LogP contribution in [0.1, 0.15) is 19.8 Å². The maximum Gasteiger partial charge on any atom is 0.478 e. The Morgan fingerprint density at radius 3 is 2.68 bits per heavy atom. The number of Topliss-reactive ketones (excluding diaryl/α,β-unsaturated/α-hetero) is 1. The summed E-state index contributed by atoms with van der Waals surface area (Å²) >= 11 is 0. The van der Waals surface area contributed by atoms with Crippen LogP contribution in [0.5, 0.6) is 0 Å². The highest BCUT2D eigenvalue weighted by Gasteiger charge is 2.47. The number of fused-ring (bicyclic) bond motifs is 1. The Labute approximate surface area is 128 Å². The number of carbonyl (C=O) groups is 3. The lowest BCUT2D eigenvalue weighted by atomic mass is 10.00. The molecule has 2 amide bonds. The fraction of sp³-hybridized carbons (Fsp3) is 0.533. The minimum atomic E-state index is -0.586. The highest BCUT2D eigenvalue weighted by molar-refractivity contribution is 6.54. The van der Waals surface area contributed by atoms with E-state index in [1.54, 1.807) is 19.2 Å². The molecular formula is C15H19N4O3+. The summed E-state index contributed by atoms with van der Waals surface area (Å²) < 4.78 is 1.31. The van der Waals surface area contributed by atoms with Crippen molar-refractivity contribution in [3.8, 4) is 0 Å². The van der Waals surface area contributed by atoms with Gasteiger partial charge < -0.3 is 5.32 Å². The number of dihydropyridines is 1. The van der Waals surface area contributed by atoms with Crippen LogP contribution in [0.2, 0.25) is 0 Å². The van der Waals surface area contributed by atoms with E-state index in [9.17, 15) is 14.4 Å². The first-order valence-electron chi connectivity index (χ1n) is 7.46. The van der Waals surface area contributed by atoms with E-state index in [1.807, 2.05) is 0 Å². The molecule has 1 fully saturated rings. The van der Waals surface area contributed by atoms with Crippen molar-refractivity contribution in [2.24, 2.45) is 4.99 Å². The smallest absolute Gasteiger partial charge is 0.317 e. The molecule has 1 N–H and O–H groups in total. The number of rotatable bonds is 2. The fourth-order valence-corrected chi connectivity index (χ4v) is 3.03. The molecule has 116 valence electrons. The third-order valence-electron chi connectivity index (χ3n) is 4.31. The van der Waals surface area contributed by atoms with Crippen molar-refractivity contribution < 1.29 is 19.0 Å². The zero-order valence-electron chi connectivity index (χ0n) is 12.7. The number of amidine groups is 1. The fourth-order valence-electron chi connectivity index (χ4n) is 3.03. The van der Waals surface area contributed by atoms with Gasteiger partial charge >= 0.3 is 11.8 Å². The van der Waals surface area contributed by atoms with Gasteiger partial charge in [-0.25, -0.2) is 9.79 Å². The van der Waals surface area contributed by atoms with Crippen molar-refractivity contribution in [1.29, 1.82) is 0 Å². The molecule has 0 aromatic heterocycles. The largest absolute Gasteiger partial charge is 0.478 e. The summed E-state index contributed by atoms with van der Waals surface area (Å²) in [5, 5.41) is 3.24. The maximum absolute atomic E-state index is 12.5. The van der Waals surface area contributed by atoms with E-state index in [0.29, 0.717) is 11.5 Å². The summed E-state index contributed by atoms with van der Waals surface area (Å²) in [6.45, 7) is 3.07. The predicted molar refractivity (Wildman–Crippen MR) is 80.0 cm³/mol. The second kappa shape index (κ2) is 5.57. The van der Waals surface area contributed by atoms with Gasteiger partial charge in [0.15, 0.2) is 5.78 Å². The molecule has 3 rings (SSSR count). The lowest BCUT2D eigenvalue weighted by Gasteiger charge is -2.35. The molecule has 0 radical (unpaired) electrons. The monoisotopic (exact) mass is 303 g/mol. The number of nitrogens with one attached hydrogen (secondary N) is 1. The van der Waals surface area contributed by atoms with Crippen molar-refractivity contribution in [2.45, 2.75) is 31.8 Å². The van der Waals surface area contributed by atoms with Crippen LogP contribution < -0.4 is 5.32 Å². The number of piperidine rings is 1. The summed E-state index contributed by atoms with van der Waals surface area (Å²) in [7, 11) is 1.56. The number of carbonyl (C=O) groups excluding carboxylic acids is 3. The third-order valence-corrected chi connectivity index (χ3v) is 4.31. The lowest BCUT2D eigenvalue weighted by molar-refractivity contribution is -0.413. The van der Waals surface area contributed by atoms with E-state index in [2.05, 4.69) is 10.3 Å². The summed E-state index contributed by atoms with van der Waals surface area (Å²) in [6, 6.07) is -0.642. The molecule has 3 heterocycles. The first kappa shape index (κ1) is 14.8. The molecule has 22 heavy (non-hydrogen) atoms. The first-order chi connectivity index (χ1) is 10.5. The summed E-state index contributed by atoms with van der Waals surface area (Å²) in [5.74, 6) is -0.755. The van der Waals surface area contributed by atoms with Crippen molar-refractivity contribution in [1.82, 2.24) is 10.2 Å². The van der Waals surface area contributed by atoms with Gasteiger partial charge in [0, 0.05) is 12.1 Å². The molecule has 1 atom stereocenters. The Bertz CT molecular complexity index is 641. The molecule has 0 aromatic carbocycles. The molecule has 0 spiro atoms. The standard InChI is InChI=1S/C15H19N4O3/c1-9(20)11-3-4-12-13(17-11)19(10-5-7-16-8-6-10)15(22)14(21)18(12)2/h3-4,10-11,16H,5-8H2,1-2H3/q+1. The number of aliphatic imine (C=N–C) groups is 1. The van der Waals surface area contributed by atoms with Gasteiger partial charge in [-0.15, -0.1) is 0 Å². The molecule has 1 unspecified atom stereocenters. The van der Waals surface area contributed by atoms with E-state index >= 15 is 0 Å². The first-order valence-corrected chi connectivity index (χ1v) is 7.46. The minimum Gasteiger partial charge on any atom is -0.317 e. The quantitative estimate of drug-likeness (QED) is 0.530. The van der Waals surface area contributed by atoms with E-state index in [0.717, 1.165) is 25.9 Å². The molecular weight excluding hydrogens is 284 g/mol. The summed E-state index contributed by atoms with van der Waals surface area (Å²) in [5.41, 5.74) is 0.584. The van der Waals surface area contributed by atoms with Crippen LogP contribution in [0.15, 0.2) is 17.1 Å². The van der Waals surface area contributed by atoms with Gasteiger partial charge in [0.05, 0.1) is 0 Å². The number of likely N-dealkylation sites (N-methyl/N-ethyl adjacent to an activating group) is 1. The molecule has 7 nitrogen and oxygen atoms in total. The number of ketones is 1. The van der Waals surface area contributed by atoms with Crippen LogP contribution in [-0.4, -0.2) is 70.8 Å². The predicted octanol–water partition coefficient (Wildman–Crippen LogP) is -0.884. The average molecular weight is 303 g/mol. The molecule has 0 aromatic rings. The summed E-state index contributed by atoms with van der Waals surface area (Å²) in [6.07, 6.45) is 4.92. The van der Waals surface area contributed by atoms with Gasteiger partial charge in [0.2, 0.25) is 5.84 Å². The van der Waals surface area contributed by atoms with Crippen LogP contribution in [-0.2, 0) is 14.4 Å². The zero-order valence-corrected chi connectivity index (χ0v) is 12.7. The third kappa shape index (κ3) is 2.31. The van der Waals surface area contributed by atoms with Gasteiger partial charge in [-0.2, -0.15) is 4.58 Å². The van der Waals surface area contributed by atoms with E-state index in [-0.39, 0.29) is 11.8 Å². The molecule has 3 aliphatic heterocycles. The normalized spacial score (nSPS) is 26.2. The van der Waals surface area contributed by atoms with Crippen molar-refractivity contribution in [3.63, 3.8) is 0 Å². The van der Waals surface area contributed by atoms with Gasteiger partial charge in [-0.3, -0.25) is 14.5 Å². The molecule has 1 saturated heterocycles. The second-order valence-corrected chi connectivity index (χ2v) is 5.77. The molecule has 0 bridgehead atoms. The molecule has 7 heteroatoms. The van der Waals surface area contributed by atoms with Crippen molar-refractivity contribution >= 4 is 29.1 Å². The lowest BCUT2D eigenvalue weighted by Crippen LogP contribution is -2.60.